The smallest absolute Gasteiger partial charge is 0.251 e. The van der Waals surface area contributed by atoms with Gasteiger partial charge in [-0.1, -0.05) is 13.8 Å². The first-order chi connectivity index (χ1) is 7.02. The molecule has 0 rings (SSSR count). The summed E-state index contributed by atoms with van der Waals surface area (Å²) in [6.45, 7) is 7.88. The molecule has 0 heterocycles. The molecule has 0 aliphatic carbocycles. The first kappa shape index (κ1) is 14.4. The molecule has 1 unspecified atom stereocenters. The van der Waals surface area contributed by atoms with Crippen molar-refractivity contribution in [1.82, 2.24) is 4.90 Å². The van der Waals surface area contributed by atoms with Gasteiger partial charge < -0.3 is 14.4 Å². The second-order valence-electron chi connectivity index (χ2n) is 4.05. The predicted octanol–water partition coefficient (Wildman–Crippen LogP) is 1.15. The number of hydrogen-bond donors (Lipinski definition) is 0. The van der Waals surface area contributed by atoms with E-state index in [4.69, 9.17) is 9.47 Å². The van der Waals surface area contributed by atoms with E-state index in [1.54, 1.807) is 26.0 Å². The Morgan fingerprint density at radius 3 is 2.27 bits per heavy atom. The Morgan fingerprint density at radius 1 is 1.27 bits per heavy atom. The molecule has 1 atom stereocenters. The highest BCUT2D eigenvalue weighted by atomic mass is 16.5. The lowest BCUT2D eigenvalue weighted by molar-refractivity contribution is -0.142. The maximum Gasteiger partial charge on any atom is 0.251 e. The quantitative estimate of drug-likeness (QED) is 0.642. The van der Waals surface area contributed by atoms with Crippen molar-refractivity contribution in [3.05, 3.63) is 0 Å². The number of carbonyl (C=O) groups is 1. The number of rotatable bonds is 7. The van der Waals surface area contributed by atoms with Gasteiger partial charge in [0.25, 0.3) is 5.91 Å². The van der Waals surface area contributed by atoms with Crippen LogP contribution in [0.2, 0.25) is 0 Å². The predicted molar refractivity (Wildman–Crippen MR) is 59.8 cm³/mol. The van der Waals surface area contributed by atoms with Gasteiger partial charge in [-0.15, -0.1) is 0 Å². The van der Waals surface area contributed by atoms with Gasteiger partial charge >= 0.3 is 0 Å². The average Bonchev–Trinajstić information content (AvgIpc) is 2.21. The Bertz CT molecular complexity index is 183. The van der Waals surface area contributed by atoms with Gasteiger partial charge in [-0.3, -0.25) is 4.79 Å². The van der Waals surface area contributed by atoms with Crippen LogP contribution in [0.1, 0.15) is 20.8 Å². The van der Waals surface area contributed by atoms with E-state index in [0.29, 0.717) is 19.1 Å². The summed E-state index contributed by atoms with van der Waals surface area (Å²) >= 11 is 0. The van der Waals surface area contributed by atoms with Crippen molar-refractivity contribution in [2.75, 3.05) is 33.9 Å². The zero-order valence-corrected chi connectivity index (χ0v) is 10.4. The molecule has 0 aromatic carbocycles. The highest BCUT2D eigenvalue weighted by Crippen LogP contribution is 2.03. The Hall–Kier alpha value is -0.610. The van der Waals surface area contributed by atoms with Crippen molar-refractivity contribution >= 4 is 5.91 Å². The molecule has 0 N–H and O–H groups in total. The van der Waals surface area contributed by atoms with Gasteiger partial charge in [0.05, 0.1) is 6.61 Å². The molecule has 15 heavy (non-hydrogen) atoms. The van der Waals surface area contributed by atoms with Crippen molar-refractivity contribution in [3.63, 3.8) is 0 Å². The lowest BCUT2D eigenvalue weighted by Crippen LogP contribution is -2.42. The molecule has 0 radical (unpaired) electrons. The molecule has 1 amide bonds. The van der Waals surface area contributed by atoms with E-state index in [9.17, 15) is 4.79 Å². The number of carbonyl (C=O) groups excluding carboxylic acids is 1. The van der Waals surface area contributed by atoms with Crippen molar-refractivity contribution in [2.24, 2.45) is 5.92 Å². The lowest BCUT2D eigenvalue weighted by Gasteiger charge is -2.26. The van der Waals surface area contributed by atoms with Crippen LogP contribution < -0.4 is 0 Å². The molecule has 0 aromatic rings. The SMILES string of the molecule is COCCN(CC(C)C)C(=O)C(C)OC. The van der Waals surface area contributed by atoms with Gasteiger partial charge in [0.2, 0.25) is 0 Å². The number of nitrogens with zero attached hydrogens (tertiary/aromatic N) is 1. The molecule has 90 valence electrons. The minimum Gasteiger partial charge on any atom is -0.383 e. The molecule has 0 aliphatic rings. The average molecular weight is 217 g/mol. The van der Waals surface area contributed by atoms with Gasteiger partial charge in [0.15, 0.2) is 0 Å². The van der Waals surface area contributed by atoms with E-state index in [0.717, 1.165) is 6.54 Å². The van der Waals surface area contributed by atoms with E-state index in [2.05, 4.69) is 13.8 Å². The second kappa shape index (κ2) is 7.65. The van der Waals surface area contributed by atoms with Gasteiger partial charge in [-0.25, -0.2) is 0 Å². The van der Waals surface area contributed by atoms with Crippen LogP contribution >= 0.6 is 0 Å². The monoisotopic (exact) mass is 217 g/mol. The third-order valence-corrected chi connectivity index (χ3v) is 2.16. The Morgan fingerprint density at radius 2 is 1.87 bits per heavy atom. The fourth-order valence-electron chi connectivity index (χ4n) is 1.29. The van der Waals surface area contributed by atoms with Crippen LogP contribution in [0.4, 0.5) is 0 Å². The number of amides is 1. The summed E-state index contributed by atoms with van der Waals surface area (Å²) in [7, 11) is 3.18. The Kier molecular flexibility index (Phi) is 7.34. The lowest BCUT2D eigenvalue weighted by atomic mass is 10.2. The van der Waals surface area contributed by atoms with E-state index < -0.39 is 0 Å². The largest absolute Gasteiger partial charge is 0.383 e. The highest BCUT2D eigenvalue weighted by Gasteiger charge is 2.20. The Balaban J connectivity index is 4.26. The molecule has 0 bridgehead atoms. The molecular weight excluding hydrogens is 194 g/mol. The molecule has 0 fully saturated rings. The summed E-state index contributed by atoms with van der Waals surface area (Å²) in [4.78, 5) is 13.7. The zero-order valence-electron chi connectivity index (χ0n) is 10.4. The molecule has 4 heteroatoms. The molecule has 0 spiro atoms. The third kappa shape index (κ3) is 5.74. The van der Waals surface area contributed by atoms with Crippen molar-refractivity contribution in [3.8, 4) is 0 Å². The molecule has 0 saturated carbocycles. The second-order valence-corrected chi connectivity index (χ2v) is 4.05. The first-order valence-electron chi connectivity index (χ1n) is 5.33. The number of methoxy groups -OCH3 is 2. The Labute approximate surface area is 92.5 Å². The fraction of sp³-hybridized carbons (Fsp3) is 0.909. The maximum atomic E-state index is 11.9. The summed E-state index contributed by atoms with van der Waals surface area (Å²) < 4.78 is 10.0. The van der Waals surface area contributed by atoms with Gasteiger partial charge in [-0.2, -0.15) is 0 Å². The van der Waals surface area contributed by atoms with E-state index in [1.807, 2.05) is 0 Å². The first-order valence-corrected chi connectivity index (χ1v) is 5.33. The van der Waals surface area contributed by atoms with Crippen LogP contribution in [0.3, 0.4) is 0 Å². The van der Waals surface area contributed by atoms with Crippen LogP contribution in [0, 0.1) is 5.92 Å². The summed E-state index contributed by atoms with van der Waals surface area (Å²) in [6.07, 6.45) is -0.374. The van der Waals surface area contributed by atoms with Crippen LogP contribution in [-0.4, -0.2) is 50.8 Å². The topological polar surface area (TPSA) is 38.8 Å². The van der Waals surface area contributed by atoms with E-state index >= 15 is 0 Å². The zero-order chi connectivity index (χ0) is 11.8. The normalized spacial score (nSPS) is 12.9. The number of ether oxygens (including phenoxy) is 2. The van der Waals surface area contributed by atoms with E-state index in [1.165, 1.54) is 0 Å². The summed E-state index contributed by atoms with van der Waals surface area (Å²) in [5.41, 5.74) is 0. The van der Waals surface area contributed by atoms with Crippen molar-refractivity contribution < 1.29 is 14.3 Å². The summed E-state index contributed by atoms with van der Waals surface area (Å²) in [5, 5.41) is 0. The minimum atomic E-state index is -0.374. The van der Waals surface area contributed by atoms with Gasteiger partial charge in [-0.05, 0) is 12.8 Å². The van der Waals surface area contributed by atoms with Crippen LogP contribution in [0.5, 0.6) is 0 Å². The van der Waals surface area contributed by atoms with Crippen LogP contribution in [0.25, 0.3) is 0 Å². The minimum absolute atomic E-state index is 0.0308. The van der Waals surface area contributed by atoms with Gasteiger partial charge in [0, 0.05) is 27.3 Å². The summed E-state index contributed by atoms with van der Waals surface area (Å²) in [6, 6.07) is 0. The standard InChI is InChI=1S/C11H23NO3/c1-9(2)8-12(6-7-14-4)11(13)10(3)15-5/h9-10H,6-8H2,1-5H3. The van der Waals surface area contributed by atoms with Crippen LogP contribution in [0.15, 0.2) is 0 Å². The summed E-state index contributed by atoms with van der Waals surface area (Å²) in [5.74, 6) is 0.484. The van der Waals surface area contributed by atoms with Crippen molar-refractivity contribution in [2.45, 2.75) is 26.9 Å². The van der Waals surface area contributed by atoms with E-state index in [-0.39, 0.29) is 12.0 Å². The molecular formula is C11H23NO3. The maximum absolute atomic E-state index is 11.9. The van der Waals surface area contributed by atoms with Crippen LogP contribution in [-0.2, 0) is 14.3 Å². The third-order valence-electron chi connectivity index (χ3n) is 2.16. The van der Waals surface area contributed by atoms with Crippen molar-refractivity contribution in [1.29, 1.82) is 0 Å². The molecule has 0 aromatic heterocycles. The highest BCUT2D eigenvalue weighted by molar-refractivity contribution is 5.80. The number of hydrogen-bond acceptors (Lipinski definition) is 3. The molecule has 0 saturated heterocycles. The fourth-order valence-corrected chi connectivity index (χ4v) is 1.29. The van der Waals surface area contributed by atoms with Gasteiger partial charge in [0.1, 0.15) is 6.10 Å². The molecule has 0 aliphatic heterocycles. The molecule has 4 nitrogen and oxygen atoms in total.